The van der Waals surface area contributed by atoms with E-state index in [0.717, 1.165) is 36.0 Å². The van der Waals surface area contributed by atoms with Crippen molar-refractivity contribution in [2.24, 2.45) is 35.5 Å². The van der Waals surface area contributed by atoms with Gasteiger partial charge in [-0.2, -0.15) is 0 Å². The number of nitrogens with one attached hydrogen (secondary N) is 4. The fraction of sp³-hybridized carbons (Fsp3) is 0.826. The number of rotatable bonds is 22. The summed E-state index contributed by atoms with van der Waals surface area (Å²) in [5.41, 5.74) is 0. The molecule has 28 heteroatoms. The molecule has 0 aromatic heterocycles. The number of fused-ring (bicyclic) bond motifs is 1. The lowest BCUT2D eigenvalue weighted by Crippen LogP contribution is -2.72. The number of hydroxylamine groups is 2. The number of unbranched alkanes of at least 4 members (excludes halogenated alkanes) is 2. The molecule has 3 heterocycles. The van der Waals surface area contributed by atoms with Crippen molar-refractivity contribution in [3.05, 3.63) is 0 Å². The molecular weight excluding hydrogens is 1250 g/mol. The molecule has 0 aromatic rings. The first-order chi connectivity index (χ1) is 45.2. The summed E-state index contributed by atoms with van der Waals surface area (Å²) < 4.78 is 11.9. The van der Waals surface area contributed by atoms with Crippen molar-refractivity contribution in [1.29, 1.82) is 0 Å². The minimum atomic E-state index is -1.40. The van der Waals surface area contributed by atoms with Crippen LogP contribution in [0.4, 0.5) is 0 Å². The van der Waals surface area contributed by atoms with Gasteiger partial charge in [0, 0.05) is 68.4 Å². The molecule has 5 N–H and O–H groups in total. The molecular formula is C69H122N12O16. The van der Waals surface area contributed by atoms with Gasteiger partial charge in [0.2, 0.25) is 59.1 Å². The van der Waals surface area contributed by atoms with Crippen LogP contribution in [0, 0.1) is 35.5 Å². The molecule has 3 rings (SSSR count). The number of carboxylic acids is 1. The SMILES string of the molecule is CCC1NC(=O)[C@@H]2[C@@H]([C@H](C)CCCCC(=O)O)ON2C(=O)[C@H](C(C)C)N(C)C(=O)[C@H](CC(C)C)N(C)C(=O)[C@H](CC(C)C)N(C)C(=O)[C@@H](C)NC(=O)C(C)NC(=O)[C@H](CC(C)C)N(C)C(=O)[C@H](C(C)C)NC(=O)[C@H]([C@@H](C)OCCCCN2CCOCC2)N(C)C(=O)[C@@H](C)N(C)C1=O. The van der Waals surface area contributed by atoms with Gasteiger partial charge in [-0.3, -0.25) is 67.3 Å². The third-order valence-corrected chi connectivity index (χ3v) is 19.0. The van der Waals surface area contributed by atoms with Crippen LogP contribution in [0.25, 0.3) is 0 Å². The molecule has 11 amide bonds. The van der Waals surface area contributed by atoms with E-state index in [0.29, 0.717) is 38.9 Å². The largest absolute Gasteiger partial charge is 0.481 e. The lowest BCUT2D eigenvalue weighted by molar-refractivity contribution is -0.322. The Labute approximate surface area is 577 Å². The Morgan fingerprint density at radius 2 is 1.04 bits per heavy atom. The Kier molecular flexibility index (Phi) is 34.3. The number of carboxylic acid groups (broad SMARTS) is 1. The summed E-state index contributed by atoms with van der Waals surface area (Å²) in [5, 5.41) is 21.4. The van der Waals surface area contributed by atoms with Crippen LogP contribution in [0.2, 0.25) is 0 Å². The second kappa shape index (κ2) is 39.3. The molecule has 97 heavy (non-hydrogen) atoms. The highest BCUT2D eigenvalue weighted by atomic mass is 16.7. The van der Waals surface area contributed by atoms with E-state index in [9.17, 15) is 38.7 Å². The Bertz CT molecular complexity index is 2670. The quantitative estimate of drug-likeness (QED) is 0.0972. The highest BCUT2D eigenvalue weighted by Crippen LogP contribution is 2.34. The van der Waals surface area contributed by atoms with E-state index in [2.05, 4.69) is 26.2 Å². The van der Waals surface area contributed by atoms with E-state index in [1.807, 2.05) is 41.5 Å². The van der Waals surface area contributed by atoms with Crippen LogP contribution in [-0.2, 0) is 71.8 Å². The molecule has 0 saturated carbocycles. The molecule has 28 nitrogen and oxygen atoms in total. The van der Waals surface area contributed by atoms with Crippen LogP contribution in [0.3, 0.4) is 0 Å². The van der Waals surface area contributed by atoms with Gasteiger partial charge in [-0.25, -0.2) is 5.06 Å². The number of carbonyl (C=O) groups excluding carboxylic acids is 11. The zero-order valence-electron chi connectivity index (χ0n) is 62.4. The second-order valence-electron chi connectivity index (χ2n) is 29.1. The van der Waals surface area contributed by atoms with Gasteiger partial charge in [0.25, 0.3) is 5.91 Å². The molecule has 0 aromatic carbocycles. The number of hydrogen-bond donors (Lipinski definition) is 5. The van der Waals surface area contributed by atoms with Crippen molar-refractivity contribution in [3.63, 3.8) is 0 Å². The van der Waals surface area contributed by atoms with E-state index in [1.165, 1.54) is 87.6 Å². The maximum Gasteiger partial charge on any atom is 0.303 e. The molecule has 0 aliphatic carbocycles. The lowest BCUT2D eigenvalue weighted by Gasteiger charge is -2.50. The highest BCUT2D eigenvalue weighted by molar-refractivity contribution is 6.00. The molecule has 3 aliphatic rings. The van der Waals surface area contributed by atoms with E-state index in [-0.39, 0.29) is 56.5 Å². The molecule has 554 valence electrons. The number of likely N-dealkylation sites (N-methyl/N-ethyl adjacent to an activating group) is 6. The van der Waals surface area contributed by atoms with Crippen molar-refractivity contribution in [3.8, 4) is 0 Å². The van der Waals surface area contributed by atoms with Crippen LogP contribution in [0.1, 0.15) is 175 Å². The number of hydrogen-bond acceptors (Lipinski definition) is 16. The summed E-state index contributed by atoms with van der Waals surface area (Å²) >= 11 is 0. The van der Waals surface area contributed by atoms with Gasteiger partial charge in [0.1, 0.15) is 66.5 Å². The molecule has 2 unspecified atom stereocenters. The van der Waals surface area contributed by atoms with Crippen LogP contribution in [-0.4, -0.2) is 276 Å². The molecule has 3 fully saturated rings. The van der Waals surface area contributed by atoms with Crippen LogP contribution >= 0.6 is 0 Å². The van der Waals surface area contributed by atoms with Gasteiger partial charge in [0.05, 0.1) is 19.3 Å². The maximum atomic E-state index is 15.2. The zero-order chi connectivity index (χ0) is 73.8. The minimum Gasteiger partial charge on any atom is -0.481 e. The first-order valence-corrected chi connectivity index (χ1v) is 35.2. The first kappa shape index (κ1) is 84.7. The smallest absolute Gasteiger partial charge is 0.303 e. The molecule has 14 atom stereocenters. The van der Waals surface area contributed by atoms with Crippen LogP contribution in [0.15, 0.2) is 0 Å². The number of nitrogens with zero attached hydrogens (tertiary/aromatic N) is 8. The Balaban J connectivity index is 2.29. The summed E-state index contributed by atoms with van der Waals surface area (Å²) in [6.07, 6.45) is 0.901. The van der Waals surface area contributed by atoms with Crippen LogP contribution in [0.5, 0.6) is 0 Å². The molecule has 3 saturated heterocycles. The molecule has 3 aliphatic heterocycles. The average Bonchev–Trinajstić information content (AvgIpc) is 0.753. The Hall–Kier alpha value is -6.52. The molecule has 0 bridgehead atoms. The predicted molar refractivity (Wildman–Crippen MR) is 365 cm³/mol. The predicted octanol–water partition coefficient (Wildman–Crippen LogP) is 3.13. The number of aliphatic carboxylic acids is 1. The van der Waals surface area contributed by atoms with E-state index in [1.54, 1.807) is 48.5 Å². The summed E-state index contributed by atoms with van der Waals surface area (Å²) in [5.74, 6) is -10.8. The lowest BCUT2D eigenvalue weighted by atomic mass is 9.88. The summed E-state index contributed by atoms with van der Waals surface area (Å²) in [6, 6.07) is -13.9. The third-order valence-electron chi connectivity index (χ3n) is 19.0. The molecule has 0 radical (unpaired) electrons. The van der Waals surface area contributed by atoms with Gasteiger partial charge in [-0.1, -0.05) is 89.5 Å². The monoisotopic (exact) mass is 1370 g/mol. The van der Waals surface area contributed by atoms with Gasteiger partial charge in [-0.15, -0.1) is 0 Å². The average molecular weight is 1380 g/mol. The minimum absolute atomic E-state index is 0.00711. The zero-order valence-corrected chi connectivity index (χ0v) is 62.4. The van der Waals surface area contributed by atoms with Gasteiger partial charge < -0.3 is 65.2 Å². The number of morpholine rings is 1. The van der Waals surface area contributed by atoms with Gasteiger partial charge in [0.15, 0.2) is 6.04 Å². The van der Waals surface area contributed by atoms with E-state index < -0.39 is 167 Å². The summed E-state index contributed by atoms with van der Waals surface area (Å²) in [6.45, 7) is 31.3. The van der Waals surface area contributed by atoms with Crippen molar-refractivity contribution in [2.75, 3.05) is 81.7 Å². The number of amides is 11. The van der Waals surface area contributed by atoms with Crippen molar-refractivity contribution < 1.29 is 77.0 Å². The fourth-order valence-corrected chi connectivity index (χ4v) is 12.8. The third kappa shape index (κ3) is 23.6. The fourth-order valence-electron chi connectivity index (χ4n) is 12.8. The van der Waals surface area contributed by atoms with E-state index >= 15 is 24.0 Å². The molecule has 0 spiro atoms. The van der Waals surface area contributed by atoms with Gasteiger partial charge in [-0.05, 0) is 121 Å². The maximum absolute atomic E-state index is 15.2. The van der Waals surface area contributed by atoms with Crippen molar-refractivity contribution in [2.45, 2.75) is 254 Å². The standard InChI is InChI=1S/C69H122N12O16/c1-23-49-65(90)74(17)47(15)64(89)79(22)56(48(16)96-33-27-26-30-80-31-34-95-35-32-80)61(86)73-54(42(8)9)68(93)75(18)50(36-39(2)3)60(85)70-45(13)59(84)71-46(14)63(88)76(19)51(37-40(4)5)66(91)77(20)52(38-41(6)7)67(92)78(21)55(43(10)11)69(94)81-57(62(87)72-49)58(97-81)44(12)28-24-25-29-53(82)83/h39-52,54-58H,23-38H2,1-22H3,(H,70,85)(H,71,84)(H,72,87)(H,73,86)(H,82,83)/t44-,45?,46-,47-,48-,49?,50+,51+,52+,54+,55+,56+,57+,58-/m1/s1. The highest BCUT2D eigenvalue weighted by Gasteiger charge is 2.55. The Morgan fingerprint density at radius 1 is 0.526 bits per heavy atom. The Morgan fingerprint density at radius 3 is 1.57 bits per heavy atom. The first-order valence-electron chi connectivity index (χ1n) is 35.2. The van der Waals surface area contributed by atoms with Gasteiger partial charge >= 0.3 is 5.97 Å². The van der Waals surface area contributed by atoms with Crippen molar-refractivity contribution in [1.82, 2.24) is 60.6 Å². The topological polar surface area (TPSA) is 327 Å². The normalized spacial score (nSPS) is 28.0. The van der Waals surface area contributed by atoms with Crippen LogP contribution < -0.4 is 21.3 Å². The number of carbonyl (C=O) groups is 12. The summed E-state index contributed by atoms with van der Waals surface area (Å²) in [4.78, 5) is 191. The number of ether oxygens (including phenoxy) is 2. The van der Waals surface area contributed by atoms with E-state index in [4.69, 9.17) is 14.3 Å². The second-order valence-corrected chi connectivity index (χ2v) is 29.1. The summed E-state index contributed by atoms with van der Waals surface area (Å²) in [7, 11) is 8.53. The van der Waals surface area contributed by atoms with Crippen molar-refractivity contribution >= 4 is 70.9 Å².